The van der Waals surface area contributed by atoms with Gasteiger partial charge in [0, 0.05) is 32.7 Å². The second kappa shape index (κ2) is 18.5. The molecule has 1 heterocycles. The van der Waals surface area contributed by atoms with E-state index in [4.69, 9.17) is 18.9 Å². The summed E-state index contributed by atoms with van der Waals surface area (Å²) in [5.74, 6) is -0.523. The zero-order valence-corrected chi connectivity index (χ0v) is 32.0. The molecule has 0 bridgehead atoms. The third-order valence-corrected chi connectivity index (χ3v) is 10.8. The molecule has 11 nitrogen and oxygen atoms in total. The molecule has 53 heavy (non-hydrogen) atoms. The van der Waals surface area contributed by atoms with Crippen LogP contribution in [0.3, 0.4) is 0 Å². The van der Waals surface area contributed by atoms with Crippen molar-refractivity contribution in [2.24, 2.45) is 0 Å². The summed E-state index contributed by atoms with van der Waals surface area (Å²) in [5, 5.41) is 8.59. The smallest absolute Gasteiger partial charge is 0.341 e. The number of aryl methyl sites for hydroxylation is 1. The van der Waals surface area contributed by atoms with Crippen LogP contribution in [-0.2, 0) is 27.2 Å². The molecule has 1 aliphatic carbocycles. The predicted molar refractivity (Wildman–Crippen MR) is 209 cm³/mol. The topological polar surface area (TPSA) is 141 Å². The fourth-order valence-electron chi connectivity index (χ4n) is 5.83. The summed E-state index contributed by atoms with van der Waals surface area (Å²) in [7, 11) is 4.48. The lowest BCUT2D eigenvalue weighted by Crippen LogP contribution is -2.30. The van der Waals surface area contributed by atoms with Crippen molar-refractivity contribution in [2.75, 3.05) is 38.6 Å². The number of hydrogen-bond donors (Lipinski definition) is 3. The van der Waals surface area contributed by atoms with Crippen LogP contribution in [0.5, 0.6) is 17.2 Å². The van der Waals surface area contributed by atoms with Crippen LogP contribution in [0.25, 0.3) is 6.08 Å². The monoisotopic (exact) mass is 757 g/mol. The summed E-state index contributed by atoms with van der Waals surface area (Å²) in [6.45, 7) is 3.80. The van der Waals surface area contributed by atoms with Gasteiger partial charge in [0.1, 0.15) is 16.4 Å². The molecule has 1 unspecified atom stereocenters. The molecule has 1 aliphatic rings. The fourth-order valence-corrected chi connectivity index (χ4v) is 8.04. The van der Waals surface area contributed by atoms with Crippen LogP contribution in [0, 0.1) is 0 Å². The highest BCUT2D eigenvalue weighted by Gasteiger charge is 2.28. The van der Waals surface area contributed by atoms with E-state index in [-0.39, 0.29) is 18.2 Å². The van der Waals surface area contributed by atoms with Crippen LogP contribution in [0.1, 0.15) is 69.8 Å². The highest BCUT2D eigenvalue weighted by atomic mass is 32.2. The van der Waals surface area contributed by atoms with Crippen molar-refractivity contribution in [3.8, 4) is 17.2 Å². The normalized spacial score (nSPS) is 13.1. The first-order valence-electron chi connectivity index (χ1n) is 17.2. The number of carbonyl (C=O) groups excluding carboxylic acids is 4. The Morgan fingerprint density at radius 3 is 2.28 bits per heavy atom. The second-order valence-corrected chi connectivity index (χ2v) is 14.6. The van der Waals surface area contributed by atoms with Gasteiger partial charge in [-0.05, 0) is 87.6 Å². The Morgan fingerprint density at radius 2 is 1.57 bits per heavy atom. The molecule has 1 aromatic heterocycles. The van der Waals surface area contributed by atoms with Crippen molar-refractivity contribution in [3.05, 3.63) is 99.6 Å². The number of thioether (sulfide) groups is 1. The van der Waals surface area contributed by atoms with Crippen molar-refractivity contribution in [2.45, 2.75) is 56.1 Å². The molecule has 4 aromatic rings. The van der Waals surface area contributed by atoms with E-state index in [0.717, 1.165) is 47.4 Å². The van der Waals surface area contributed by atoms with Crippen molar-refractivity contribution >= 4 is 63.6 Å². The van der Waals surface area contributed by atoms with Gasteiger partial charge in [-0.15, -0.1) is 23.1 Å². The number of fused-ring (bicyclic) bond motifs is 1. The van der Waals surface area contributed by atoms with Gasteiger partial charge in [0.15, 0.2) is 11.5 Å². The SMILES string of the molecule is CCOC(=O)c1c(NC(=O)C(C)Sc2cccc(NC(=O)/C(=C\c3cc(OC)c(OC)cc3OC)NC(=O)c3ccccc3)c2)sc2c1CCCCC2. The fraction of sp³-hybridized carbons (Fsp3) is 0.300. The number of ether oxygens (including phenoxy) is 4. The minimum Gasteiger partial charge on any atom is -0.496 e. The molecule has 0 radical (unpaired) electrons. The van der Waals surface area contributed by atoms with Crippen molar-refractivity contribution in [1.29, 1.82) is 0 Å². The highest BCUT2D eigenvalue weighted by molar-refractivity contribution is 8.00. The number of esters is 1. The van der Waals surface area contributed by atoms with Gasteiger partial charge in [-0.3, -0.25) is 14.4 Å². The van der Waals surface area contributed by atoms with Crippen molar-refractivity contribution < 1.29 is 38.1 Å². The van der Waals surface area contributed by atoms with Gasteiger partial charge >= 0.3 is 5.97 Å². The number of rotatable bonds is 14. The molecule has 13 heteroatoms. The van der Waals surface area contributed by atoms with Gasteiger partial charge < -0.3 is 34.9 Å². The quantitative estimate of drug-likeness (QED) is 0.0510. The Labute approximate surface area is 317 Å². The molecular weight excluding hydrogens is 715 g/mol. The van der Waals surface area contributed by atoms with Crippen LogP contribution in [-0.4, -0.2) is 56.9 Å². The number of nitrogens with one attached hydrogen (secondary N) is 3. The molecule has 3 N–H and O–H groups in total. The Hall–Kier alpha value is -5.27. The summed E-state index contributed by atoms with van der Waals surface area (Å²) in [4.78, 5) is 55.4. The minimum atomic E-state index is -0.594. The molecule has 3 aromatic carbocycles. The minimum absolute atomic E-state index is 0.0538. The van der Waals surface area contributed by atoms with E-state index < -0.39 is 23.0 Å². The van der Waals surface area contributed by atoms with Crippen LogP contribution < -0.4 is 30.2 Å². The van der Waals surface area contributed by atoms with Crippen molar-refractivity contribution in [3.63, 3.8) is 0 Å². The molecule has 0 fully saturated rings. The Bertz CT molecular complexity index is 1990. The first-order valence-corrected chi connectivity index (χ1v) is 18.9. The lowest BCUT2D eigenvalue weighted by atomic mass is 10.1. The molecule has 0 spiro atoms. The highest BCUT2D eigenvalue weighted by Crippen LogP contribution is 2.39. The Balaban J connectivity index is 1.35. The molecule has 1 atom stereocenters. The second-order valence-electron chi connectivity index (χ2n) is 12.0. The molecule has 5 rings (SSSR count). The third kappa shape index (κ3) is 9.79. The maximum atomic E-state index is 13.8. The summed E-state index contributed by atoms with van der Waals surface area (Å²) < 4.78 is 21.8. The Morgan fingerprint density at radius 1 is 0.849 bits per heavy atom. The average Bonchev–Trinajstić information content (AvgIpc) is 3.34. The van der Waals surface area contributed by atoms with Crippen LogP contribution in [0.4, 0.5) is 10.7 Å². The first kappa shape index (κ1) is 38.9. The molecule has 0 aliphatic heterocycles. The number of carbonyl (C=O) groups is 4. The van der Waals surface area contributed by atoms with Gasteiger partial charge in [-0.2, -0.15) is 0 Å². The number of methoxy groups -OCH3 is 3. The van der Waals surface area contributed by atoms with Gasteiger partial charge in [0.25, 0.3) is 11.8 Å². The van der Waals surface area contributed by atoms with E-state index in [1.165, 1.54) is 50.5 Å². The number of benzene rings is 3. The lowest BCUT2D eigenvalue weighted by Gasteiger charge is -2.15. The lowest BCUT2D eigenvalue weighted by molar-refractivity contribution is -0.115. The van der Waals surface area contributed by atoms with Crippen LogP contribution >= 0.6 is 23.1 Å². The zero-order valence-electron chi connectivity index (χ0n) is 30.3. The third-order valence-electron chi connectivity index (χ3n) is 8.48. The average molecular weight is 758 g/mol. The summed E-state index contributed by atoms with van der Waals surface area (Å²) >= 11 is 2.76. The van der Waals surface area contributed by atoms with E-state index in [1.54, 1.807) is 74.5 Å². The van der Waals surface area contributed by atoms with E-state index >= 15 is 0 Å². The predicted octanol–water partition coefficient (Wildman–Crippen LogP) is 7.75. The van der Waals surface area contributed by atoms with Gasteiger partial charge in [0.05, 0.1) is 38.7 Å². The number of thiophene rings is 1. The van der Waals surface area contributed by atoms with Gasteiger partial charge in [-0.1, -0.05) is 30.7 Å². The van der Waals surface area contributed by atoms with E-state index in [2.05, 4.69) is 16.0 Å². The maximum Gasteiger partial charge on any atom is 0.341 e. The summed E-state index contributed by atoms with van der Waals surface area (Å²) in [6.07, 6.45) is 6.29. The molecule has 0 saturated heterocycles. The number of anilines is 2. The zero-order chi connectivity index (χ0) is 37.9. The van der Waals surface area contributed by atoms with Gasteiger partial charge in [0.2, 0.25) is 5.91 Å². The first-order chi connectivity index (χ1) is 25.6. The number of amides is 3. The molecule has 0 saturated carbocycles. The van der Waals surface area contributed by atoms with E-state index in [0.29, 0.717) is 44.6 Å². The van der Waals surface area contributed by atoms with Crippen LogP contribution in [0.15, 0.2) is 77.3 Å². The number of hydrogen-bond acceptors (Lipinski definition) is 10. The summed E-state index contributed by atoms with van der Waals surface area (Å²) in [5.41, 5.74) is 2.67. The molecule has 278 valence electrons. The Kier molecular flexibility index (Phi) is 13.6. The summed E-state index contributed by atoms with van der Waals surface area (Å²) in [6, 6.07) is 18.9. The molecular formula is C40H43N3O8S2. The molecule has 3 amide bonds. The standard InChI is InChI=1S/C40H43N3O8S2/c1-6-51-40(47)35-29-18-11-8-12-19-34(29)53-39(35)43-36(44)24(2)52-28-17-13-16-27(22-28)41-38(46)30(42-37(45)25-14-9-7-10-15-25)20-26-21-32(49-4)33(50-5)23-31(26)48-3/h7,9-10,13-17,20-24H,6,8,11-12,18-19H2,1-5H3,(H,41,46)(H,42,45)(H,43,44)/b30-20+. The van der Waals surface area contributed by atoms with Crippen molar-refractivity contribution in [1.82, 2.24) is 5.32 Å². The van der Waals surface area contributed by atoms with E-state index in [9.17, 15) is 19.2 Å². The van der Waals surface area contributed by atoms with Crippen LogP contribution in [0.2, 0.25) is 0 Å². The maximum absolute atomic E-state index is 13.8. The largest absolute Gasteiger partial charge is 0.496 e. The van der Waals surface area contributed by atoms with E-state index in [1.807, 2.05) is 6.07 Å². The van der Waals surface area contributed by atoms with Gasteiger partial charge in [-0.25, -0.2) is 4.79 Å².